The molecule has 5 heteroatoms. The van der Waals surface area contributed by atoms with Crippen molar-refractivity contribution in [3.05, 3.63) is 66.5 Å². The molecule has 0 spiro atoms. The molecule has 0 unspecified atom stereocenters. The summed E-state index contributed by atoms with van der Waals surface area (Å²) in [5.74, 6) is 1.15. The van der Waals surface area contributed by atoms with Crippen molar-refractivity contribution >= 4 is 22.6 Å². The number of anilines is 1. The molecular weight excluding hydrogens is 312 g/mol. The topological polar surface area (TPSA) is 49.3 Å². The molecule has 1 amide bonds. The molecule has 0 N–H and O–H groups in total. The van der Waals surface area contributed by atoms with Crippen LogP contribution in [-0.2, 0) is 11.2 Å². The van der Waals surface area contributed by atoms with Crippen LogP contribution in [0, 0.1) is 0 Å². The number of fused-ring (bicyclic) bond motifs is 1. The molecule has 1 aliphatic rings. The van der Waals surface area contributed by atoms with Gasteiger partial charge in [-0.1, -0.05) is 30.3 Å². The Labute approximate surface area is 146 Å². The third kappa shape index (κ3) is 3.31. The average Bonchev–Trinajstić information content (AvgIpc) is 2.69. The van der Waals surface area contributed by atoms with Crippen LogP contribution >= 0.6 is 0 Å². The van der Waals surface area contributed by atoms with E-state index in [1.54, 1.807) is 12.4 Å². The van der Waals surface area contributed by atoms with Crippen LogP contribution in [0.15, 0.2) is 60.9 Å². The van der Waals surface area contributed by atoms with Crippen LogP contribution in [0.2, 0.25) is 0 Å². The fraction of sp³-hybridized carbons (Fsp3) is 0.250. The van der Waals surface area contributed by atoms with Crippen LogP contribution in [0.3, 0.4) is 0 Å². The maximum atomic E-state index is 12.7. The van der Waals surface area contributed by atoms with Crippen molar-refractivity contribution < 1.29 is 4.79 Å². The second-order valence-electron chi connectivity index (χ2n) is 6.22. The molecule has 0 atom stereocenters. The summed E-state index contributed by atoms with van der Waals surface area (Å²) in [6.45, 7) is 3.09. The van der Waals surface area contributed by atoms with Crippen molar-refractivity contribution in [2.24, 2.45) is 0 Å². The second kappa shape index (κ2) is 6.89. The molecule has 1 fully saturated rings. The molecule has 0 saturated carbocycles. The highest BCUT2D eigenvalue weighted by molar-refractivity contribution is 5.87. The lowest BCUT2D eigenvalue weighted by Crippen LogP contribution is -2.49. The molecule has 3 heterocycles. The van der Waals surface area contributed by atoms with Crippen molar-refractivity contribution in [2.45, 2.75) is 6.42 Å². The summed E-state index contributed by atoms with van der Waals surface area (Å²) < 4.78 is 0. The number of nitrogens with zero attached hydrogens (tertiary/aromatic N) is 4. The lowest BCUT2D eigenvalue weighted by molar-refractivity contribution is -0.130. The summed E-state index contributed by atoms with van der Waals surface area (Å²) in [7, 11) is 0. The Morgan fingerprint density at radius 1 is 0.880 bits per heavy atom. The zero-order valence-corrected chi connectivity index (χ0v) is 14.0. The summed E-state index contributed by atoms with van der Waals surface area (Å²) in [4.78, 5) is 25.7. The summed E-state index contributed by atoms with van der Waals surface area (Å²) in [6.07, 6.45) is 3.99. The molecule has 1 saturated heterocycles. The van der Waals surface area contributed by atoms with Gasteiger partial charge < -0.3 is 9.80 Å². The van der Waals surface area contributed by atoms with Gasteiger partial charge in [0, 0.05) is 44.0 Å². The Morgan fingerprint density at radius 3 is 2.48 bits per heavy atom. The Kier molecular flexibility index (Phi) is 4.29. The Balaban J connectivity index is 1.42. The van der Waals surface area contributed by atoms with E-state index in [0.717, 1.165) is 48.5 Å². The van der Waals surface area contributed by atoms with Crippen molar-refractivity contribution in [3.8, 4) is 0 Å². The van der Waals surface area contributed by atoms with Crippen LogP contribution in [0.1, 0.15) is 5.56 Å². The van der Waals surface area contributed by atoms with E-state index >= 15 is 0 Å². The Morgan fingerprint density at radius 2 is 1.68 bits per heavy atom. The van der Waals surface area contributed by atoms with Gasteiger partial charge in [0.2, 0.25) is 5.91 Å². The van der Waals surface area contributed by atoms with Gasteiger partial charge >= 0.3 is 0 Å². The maximum Gasteiger partial charge on any atom is 0.227 e. The van der Waals surface area contributed by atoms with E-state index in [9.17, 15) is 4.79 Å². The first-order valence-corrected chi connectivity index (χ1v) is 8.58. The fourth-order valence-electron chi connectivity index (χ4n) is 3.31. The summed E-state index contributed by atoms with van der Waals surface area (Å²) in [5, 5.41) is 1.08. The molecule has 3 aromatic rings. The lowest BCUT2D eigenvalue weighted by atomic mass is 10.1. The predicted octanol–water partition coefficient (Wildman–Crippen LogP) is 2.52. The highest BCUT2D eigenvalue weighted by atomic mass is 16.2. The number of aromatic nitrogens is 2. The largest absolute Gasteiger partial charge is 0.353 e. The van der Waals surface area contributed by atoms with E-state index in [-0.39, 0.29) is 5.91 Å². The molecule has 1 aromatic carbocycles. The minimum absolute atomic E-state index is 0.166. The van der Waals surface area contributed by atoms with E-state index in [2.05, 4.69) is 14.9 Å². The van der Waals surface area contributed by atoms with E-state index in [4.69, 9.17) is 0 Å². The van der Waals surface area contributed by atoms with Crippen LogP contribution in [0.4, 0.5) is 5.82 Å². The monoisotopic (exact) mass is 332 g/mol. The van der Waals surface area contributed by atoms with Gasteiger partial charge in [-0.3, -0.25) is 9.78 Å². The Hall–Kier alpha value is -2.95. The van der Waals surface area contributed by atoms with Gasteiger partial charge in [-0.2, -0.15) is 0 Å². The number of hydrogen-bond acceptors (Lipinski definition) is 4. The van der Waals surface area contributed by atoms with E-state index in [1.165, 1.54) is 0 Å². The van der Waals surface area contributed by atoms with Crippen LogP contribution in [0.5, 0.6) is 0 Å². The number of para-hydroxylation sites is 1. The molecule has 4 rings (SSSR count). The first-order valence-electron chi connectivity index (χ1n) is 8.58. The SMILES string of the molecule is O=C(Cc1cccc2cccnc12)N1CCN(c2ccccn2)CC1. The van der Waals surface area contributed by atoms with Gasteiger partial charge in [-0.15, -0.1) is 0 Å². The number of carbonyl (C=O) groups excluding carboxylic acids is 1. The van der Waals surface area contributed by atoms with Crippen molar-refractivity contribution in [2.75, 3.05) is 31.1 Å². The number of carbonyl (C=O) groups is 1. The zero-order valence-electron chi connectivity index (χ0n) is 14.0. The maximum absolute atomic E-state index is 12.7. The first-order chi connectivity index (χ1) is 12.3. The van der Waals surface area contributed by atoms with Gasteiger partial charge in [0.1, 0.15) is 5.82 Å². The van der Waals surface area contributed by atoms with Crippen molar-refractivity contribution in [1.29, 1.82) is 0 Å². The van der Waals surface area contributed by atoms with Crippen LogP contribution in [-0.4, -0.2) is 47.0 Å². The summed E-state index contributed by atoms with van der Waals surface area (Å²) >= 11 is 0. The number of amides is 1. The van der Waals surface area contributed by atoms with Crippen LogP contribution < -0.4 is 4.90 Å². The minimum Gasteiger partial charge on any atom is -0.353 e. The third-order valence-corrected chi connectivity index (χ3v) is 4.66. The number of pyridine rings is 2. The number of rotatable bonds is 3. The molecule has 0 radical (unpaired) electrons. The third-order valence-electron chi connectivity index (χ3n) is 4.66. The number of hydrogen-bond donors (Lipinski definition) is 0. The normalized spacial score (nSPS) is 14.7. The van der Waals surface area contributed by atoms with Gasteiger partial charge in [0.05, 0.1) is 11.9 Å². The van der Waals surface area contributed by atoms with Gasteiger partial charge in [-0.25, -0.2) is 4.98 Å². The van der Waals surface area contributed by atoms with E-state index in [0.29, 0.717) is 6.42 Å². The minimum atomic E-state index is 0.166. The van der Waals surface area contributed by atoms with Crippen LogP contribution in [0.25, 0.3) is 10.9 Å². The van der Waals surface area contributed by atoms with Gasteiger partial charge in [-0.05, 0) is 23.8 Å². The number of benzene rings is 1. The van der Waals surface area contributed by atoms with Gasteiger partial charge in [0.15, 0.2) is 0 Å². The van der Waals surface area contributed by atoms with E-state index < -0.39 is 0 Å². The fourth-order valence-corrected chi connectivity index (χ4v) is 3.31. The lowest BCUT2D eigenvalue weighted by Gasteiger charge is -2.35. The van der Waals surface area contributed by atoms with E-state index in [1.807, 2.05) is 53.4 Å². The molecule has 126 valence electrons. The quantitative estimate of drug-likeness (QED) is 0.739. The molecule has 1 aliphatic heterocycles. The standard InChI is InChI=1S/C20H20N4O/c25-19(15-17-6-3-5-16-7-4-10-22-20(16)17)24-13-11-23(12-14-24)18-8-1-2-9-21-18/h1-10H,11-15H2. The molecular formula is C20H20N4O. The molecule has 5 nitrogen and oxygen atoms in total. The van der Waals surface area contributed by atoms with Crippen molar-refractivity contribution in [3.63, 3.8) is 0 Å². The average molecular weight is 332 g/mol. The molecule has 0 bridgehead atoms. The molecule has 0 aliphatic carbocycles. The number of piperazine rings is 1. The second-order valence-corrected chi connectivity index (χ2v) is 6.22. The highest BCUT2D eigenvalue weighted by Gasteiger charge is 2.22. The summed E-state index contributed by atoms with van der Waals surface area (Å²) in [6, 6.07) is 15.9. The van der Waals surface area contributed by atoms with Crippen molar-refractivity contribution in [1.82, 2.24) is 14.9 Å². The summed E-state index contributed by atoms with van der Waals surface area (Å²) in [5.41, 5.74) is 1.92. The van der Waals surface area contributed by atoms with Gasteiger partial charge in [0.25, 0.3) is 0 Å². The molecule has 25 heavy (non-hydrogen) atoms. The predicted molar refractivity (Wildman–Crippen MR) is 98.5 cm³/mol. The highest BCUT2D eigenvalue weighted by Crippen LogP contribution is 2.18. The molecule has 2 aromatic heterocycles. The Bertz CT molecular complexity index is 868. The first kappa shape index (κ1) is 15.6. The zero-order chi connectivity index (χ0) is 17.1. The smallest absolute Gasteiger partial charge is 0.227 e.